The normalized spacial score (nSPS) is 20.0. The number of hydrogen-bond acceptors (Lipinski definition) is 13. The Morgan fingerprint density at radius 1 is 0.838 bits per heavy atom. The Labute approximate surface area is 224 Å². The molecular weight excluding hydrogens is 568 g/mol. The van der Waals surface area contributed by atoms with Crippen LogP contribution in [0.3, 0.4) is 0 Å². The zero-order valence-corrected chi connectivity index (χ0v) is 23.5. The van der Waals surface area contributed by atoms with Crippen LogP contribution in [0.25, 0.3) is 0 Å². The first kappa shape index (κ1) is 28.4. The SMILES string of the molecule is CC(CCOCC1COc2cscc2O1)S(=O)(=O)OS(=O)(=O)CCCCOCC1COc2cscc2O1. The summed E-state index contributed by atoms with van der Waals surface area (Å²) in [6, 6.07) is 0. The first-order valence-corrected chi connectivity index (χ1v) is 16.7. The molecule has 15 heteroatoms. The van der Waals surface area contributed by atoms with Crippen molar-refractivity contribution in [1.82, 2.24) is 0 Å². The van der Waals surface area contributed by atoms with E-state index in [1.165, 1.54) is 29.6 Å². The van der Waals surface area contributed by atoms with Crippen molar-refractivity contribution < 1.29 is 48.9 Å². The van der Waals surface area contributed by atoms with Gasteiger partial charge in [-0.15, -0.1) is 26.3 Å². The average molecular weight is 599 g/mol. The van der Waals surface area contributed by atoms with Crippen LogP contribution in [-0.4, -0.2) is 79.7 Å². The molecule has 0 amide bonds. The molecule has 0 saturated carbocycles. The smallest absolute Gasteiger partial charge is 0.284 e. The lowest BCUT2D eigenvalue weighted by Gasteiger charge is -2.24. The zero-order chi connectivity index (χ0) is 26.3. The zero-order valence-electron chi connectivity index (χ0n) is 20.2. The summed E-state index contributed by atoms with van der Waals surface area (Å²) in [6.45, 7) is 3.03. The second-order valence-corrected chi connectivity index (χ2v) is 13.9. The summed E-state index contributed by atoms with van der Waals surface area (Å²) >= 11 is 2.96. The molecule has 11 nitrogen and oxygen atoms in total. The number of rotatable bonds is 15. The summed E-state index contributed by atoms with van der Waals surface area (Å²) in [5.41, 5.74) is 0. The highest BCUT2D eigenvalue weighted by atomic mass is 32.3. The van der Waals surface area contributed by atoms with E-state index in [9.17, 15) is 16.8 Å². The highest BCUT2D eigenvalue weighted by Crippen LogP contribution is 2.36. The molecule has 0 aromatic carbocycles. The van der Waals surface area contributed by atoms with Gasteiger partial charge in [0.2, 0.25) is 0 Å². The van der Waals surface area contributed by atoms with Crippen molar-refractivity contribution in [2.75, 3.05) is 45.4 Å². The van der Waals surface area contributed by atoms with Crippen molar-refractivity contribution in [3.63, 3.8) is 0 Å². The molecule has 2 aliphatic rings. The van der Waals surface area contributed by atoms with Crippen LogP contribution < -0.4 is 18.9 Å². The van der Waals surface area contributed by atoms with Crippen LogP contribution >= 0.6 is 22.7 Å². The van der Waals surface area contributed by atoms with Crippen molar-refractivity contribution in [1.29, 1.82) is 0 Å². The van der Waals surface area contributed by atoms with Gasteiger partial charge in [0.25, 0.3) is 20.2 Å². The molecule has 3 unspecified atom stereocenters. The predicted octanol–water partition coefficient (Wildman–Crippen LogP) is 3.06. The topological polar surface area (TPSA) is 133 Å². The van der Waals surface area contributed by atoms with E-state index < -0.39 is 31.2 Å². The van der Waals surface area contributed by atoms with Gasteiger partial charge in [0.1, 0.15) is 13.2 Å². The maximum atomic E-state index is 12.4. The fourth-order valence-corrected chi connectivity index (χ4v) is 7.69. The number of ether oxygens (including phenoxy) is 6. The lowest BCUT2D eigenvalue weighted by molar-refractivity contribution is 0.00874. The van der Waals surface area contributed by atoms with Crippen LogP contribution in [0.5, 0.6) is 23.0 Å². The molecule has 2 aliphatic heterocycles. The number of thiophene rings is 2. The van der Waals surface area contributed by atoms with Gasteiger partial charge in [0, 0.05) is 34.7 Å². The molecule has 0 bridgehead atoms. The summed E-state index contributed by atoms with van der Waals surface area (Å²) in [5.74, 6) is 2.36. The van der Waals surface area contributed by atoms with Crippen LogP contribution in [0.1, 0.15) is 26.2 Å². The maximum absolute atomic E-state index is 12.4. The Balaban J connectivity index is 1.07. The highest BCUT2D eigenvalue weighted by molar-refractivity contribution is 8.00. The largest absolute Gasteiger partial charge is 0.485 e. The predicted molar refractivity (Wildman–Crippen MR) is 137 cm³/mol. The monoisotopic (exact) mass is 598 g/mol. The third-order valence-electron chi connectivity index (χ3n) is 5.52. The first-order chi connectivity index (χ1) is 17.7. The molecule has 0 aliphatic carbocycles. The van der Waals surface area contributed by atoms with Gasteiger partial charge < -0.3 is 28.4 Å². The molecular formula is C22H30O11S4. The lowest BCUT2D eigenvalue weighted by Crippen LogP contribution is -2.33. The Morgan fingerprint density at radius 3 is 1.97 bits per heavy atom. The first-order valence-electron chi connectivity index (χ1n) is 11.8. The van der Waals surface area contributed by atoms with Gasteiger partial charge in [-0.2, -0.15) is 16.8 Å². The highest BCUT2D eigenvalue weighted by Gasteiger charge is 2.29. The Bertz CT molecular complexity index is 1200. The molecule has 0 fully saturated rings. The van der Waals surface area contributed by atoms with Gasteiger partial charge in [0.05, 0.1) is 24.2 Å². The van der Waals surface area contributed by atoms with Gasteiger partial charge in [-0.25, -0.2) is 0 Å². The van der Waals surface area contributed by atoms with E-state index in [2.05, 4.69) is 3.63 Å². The summed E-state index contributed by atoms with van der Waals surface area (Å²) in [6.07, 6.45) is 0.154. The molecule has 4 rings (SSSR count). The minimum Gasteiger partial charge on any atom is -0.485 e. The van der Waals surface area contributed by atoms with Crippen LogP contribution in [0.2, 0.25) is 0 Å². The third kappa shape index (κ3) is 8.43. The number of unbranched alkanes of at least 4 members (excludes halogenated alkanes) is 1. The van der Waals surface area contributed by atoms with E-state index in [4.69, 9.17) is 28.4 Å². The van der Waals surface area contributed by atoms with Gasteiger partial charge >= 0.3 is 0 Å². The summed E-state index contributed by atoms with van der Waals surface area (Å²) in [4.78, 5) is 0. The lowest BCUT2D eigenvalue weighted by atomic mass is 10.3. The summed E-state index contributed by atoms with van der Waals surface area (Å²) in [7, 11) is -8.57. The molecule has 0 saturated heterocycles. The Hall–Kier alpha value is -1.62. The fourth-order valence-electron chi connectivity index (χ4n) is 3.44. The second-order valence-electron chi connectivity index (χ2n) is 8.58. The van der Waals surface area contributed by atoms with Crippen LogP contribution in [-0.2, 0) is 33.3 Å². The molecule has 0 radical (unpaired) electrons. The van der Waals surface area contributed by atoms with E-state index in [0.29, 0.717) is 50.1 Å². The Morgan fingerprint density at radius 2 is 1.38 bits per heavy atom. The summed E-state index contributed by atoms with van der Waals surface area (Å²) in [5, 5.41) is 6.36. The van der Waals surface area contributed by atoms with Gasteiger partial charge in [-0.1, -0.05) is 0 Å². The molecule has 4 heterocycles. The van der Waals surface area contributed by atoms with Crippen molar-refractivity contribution in [2.45, 2.75) is 43.6 Å². The second kappa shape index (κ2) is 13.0. The minimum absolute atomic E-state index is 0.0722. The van der Waals surface area contributed by atoms with E-state index in [1.54, 1.807) is 0 Å². The average Bonchev–Trinajstić information content (AvgIpc) is 3.51. The van der Waals surface area contributed by atoms with Crippen LogP contribution in [0.4, 0.5) is 0 Å². The minimum atomic E-state index is -4.32. The quantitative estimate of drug-likeness (QED) is 0.280. The van der Waals surface area contributed by atoms with Crippen molar-refractivity contribution in [3.8, 4) is 23.0 Å². The molecule has 2 aromatic rings. The van der Waals surface area contributed by atoms with Crippen LogP contribution in [0, 0.1) is 0 Å². The van der Waals surface area contributed by atoms with E-state index in [1.807, 2.05) is 21.5 Å². The molecule has 2 aromatic heterocycles. The maximum Gasteiger partial charge on any atom is 0.284 e. The Kier molecular flexibility index (Phi) is 9.94. The molecule has 3 atom stereocenters. The van der Waals surface area contributed by atoms with E-state index >= 15 is 0 Å². The van der Waals surface area contributed by atoms with Crippen molar-refractivity contribution in [3.05, 3.63) is 21.5 Å². The number of hydrogen-bond donors (Lipinski definition) is 0. The molecule has 37 heavy (non-hydrogen) atoms. The molecule has 0 N–H and O–H groups in total. The third-order valence-corrected chi connectivity index (χ3v) is 10.5. The van der Waals surface area contributed by atoms with E-state index in [0.717, 1.165) is 5.75 Å². The van der Waals surface area contributed by atoms with Crippen LogP contribution in [0.15, 0.2) is 21.5 Å². The van der Waals surface area contributed by atoms with E-state index in [-0.39, 0.29) is 38.3 Å². The van der Waals surface area contributed by atoms with Crippen molar-refractivity contribution in [2.24, 2.45) is 0 Å². The molecule has 208 valence electrons. The number of fused-ring (bicyclic) bond motifs is 2. The fraction of sp³-hybridized carbons (Fsp3) is 0.636. The molecule has 0 spiro atoms. The van der Waals surface area contributed by atoms with Crippen molar-refractivity contribution >= 4 is 42.9 Å². The van der Waals surface area contributed by atoms with Gasteiger partial charge in [-0.3, -0.25) is 0 Å². The standard InChI is InChI=1S/C22H30O11S4/c1-16(4-6-28-9-18-11-30-20-13-35-15-22(20)32-18)37(25,26)33-36(23,24)7-3-2-5-27-8-17-10-29-19-12-34-14-21(19)31-17/h12-18H,2-11H2,1H3. The summed E-state index contributed by atoms with van der Waals surface area (Å²) < 4.78 is 87.4. The van der Waals surface area contributed by atoms with Gasteiger partial charge in [-0.05, 0) is 26.2 Å². The van der Waals surface area contributed by atoms with Gasteiger partial charge in [0.15, 0.2) is 35.2 Å².